The Bertz CT molecular complexity index is 1000. The van der Waals surface area contributed by atoms with Gasteiger partial charge in [-0.3, -0.25) is 10.1 Å². The van der Waals surface area contributed by atoms with E-state index in [9.17, 15) is 15.4 Å². The number of nitrogens with one attached hydrogen (secondary N) is 1. The Labute approximate surface area is 153 Å². The zero-order valence-corrected chi connectivity index (χ0v) is 14.4. The Morgan fingerprint density at radius 3 is 2.88 bits per heavy atom. The van der Waals surface area contributed by atoms with E-state index < -0.39 is 4.92 Å². The predicted molar refractivity (Wildman–Crippen MR) is 100 cm³/mol. The highest BCUT2D eigenvalue weighted by Crippen LogP contribution is 2.31. The normalized spacial score (nSPS) is 11.5. The molecular weight excluding hydrogens is 352 g/mol. The Balaban J connectivity index is 2.00. The number of benzene rings is 2. The monoisotopic (exact) mass is 366 g/mol. The van der Waals surface area contributed by atoms with Crippen LogP contribution in [0, 0.1) is 21.4 Å². The molecule has 0 saturated heterocycles. The van der Waals surface area contributed by atoms with Gasteiger partial charge in [0, 0.05) is 11.8 Å². The zero-order chi connectivity index (χ0) is 18.5. The minimum atomic E-state index is -0.468. The topological polar surface area (TPSA) is 116 Å². The van der Waals surface area contributed by atoms with Crippen molar-refractivity contribution < 1.29 is 10.0 Å². The number of rotatable bonds is 6. The van der Waals surface area contributed by atoms with Crippen LogP contribution in [0.5, 0.6) is 0 Å². The summed E-state index contributed by atoms with van der Waals surface area (Å²) in [6, 6.07) is 14.2. The summed E-state index contributed by atoms with van der Waals surface area (Å²) in [5.74, 6) is 0.786. The van der Waals surface area contributed by atoms with Crippen molar-refractivity contribution in [2.45, 2.75) is 4.90 Å². The molecule has 0 radical (unpaired) electrons. The number of allylic oxidation sites excluding steroid dienone is 1. The highest BCUT2D eigenvalue weighted by molar-refractivity contribution is 7.99. The van der Waals surface area contributed by atoms with E-state index in [1.54, 1.807) is 18.2 Å². The molecule has 0 atom stereocenters. The van der Waals surface area contributed by atoms with Crippen LogP contribution in [-0.4, -0.2) is 32.4 Å². The second-order valence-corrected chi connectivity index (χ2v) is 6.47. The molecule has 0 spiro atoms. The fourth-order valence-corrected chi connectivity index (χ4v) is 3.20. The maximum Gasteiger partial charge on any atom is 0.283 e. The van der Waals surface area contributed by atoms with Gasteiger partial charge in [-0.05, 0) is 29.8 Å². The molecule has 0 aliphatic rings. The number of hydrogen-bond acceptors (Lipinski definition) is 6. The van der Waals surface area contributed by atoms with Crippen LogP contribution in [0.4, 0.5) is 5.69 Å². The lowest BCUT2D eigenvalue weighted by Gasteiger charge is -2.03. The third kappa shape index (κ3) is 3.74. The number of aliphatic hydroxyl groups excluding tert-OH is 1. The van der Waals surface area contributed by atoms with Crippen molar-refractivity contribution in [1.29, 1.82) is 5.26 Å². The van der Waals surface area contributed by atoms with Crippen molar-refractivity contribution in [2.75, 3.05) is 12.4 Å². The van der Waals surface area contributed by atoms with Crippen LogP contribution < -0.4 is 0 Å². The maximum absolute atomic E-state index is 11.3. The molecule has 0 fully saturated rings. The van der Waals surface area contributed by atoms with E-state index in [4.69, 9.17) is 5.11 Å². The van der Waals surface area contributed by atoms with Gasteiger partial charge in [0.25, 0.3) is 5.69 Å². The van der Waals surface area contributed by atoms with Crippen LogP contribution in [0.25, 0.3) is 22.7 Å². The molecule has 3 rings (SSSR count). The van der Waals surface area contributed by atoms with Crippen molar-refractivity contribution >= 4 is 40.1 Å². The second-order valence-electron chi connectivity index (χ2n) is 5.33. The number of hydrogen-bond donors (Lipinski definition) is 2. The predicted octanol–water partition coefficient (Wildman–Crippen LogP) is 3.62. The van der Waals surface area contributed by atoms with Gasteiger partial charge in [0.05, 0.1) is 33.0 Å². The van der Waals surface area contributed by atoms with Crippen molar-refractivity contribution in [3.05, 3.63) is 64.0 Å². The first-order chi connectivity index (χ1) is 12.6. The average molecular weight is 366 g/mol. The van der Waals surface area contributed by atoms with E-state index in [1.165, 1.54) is 17.8 Å². The molecule has 26 heavy (non-hydrogen) atoms. The molecule has 2 N–H and O–H groups in total. The van der Waals surface area contributed by atoms with E-state index in [-0.39, 0.29) is 17.9 Å². The molecule has 1 aromatic heterocycles. The molecule has 7 nitrogen and oxygen atoms in total. The molecule has 3 aromatic rings. The maximum atomic E-state index is 11.3. The summed E-state index contributed by atoms with van der Waals surface area (Å²) in [6.07, 6.45) is 1.56. The lowest BCUT2D eigenvalue weighted by molar-refractivity contribution is -0.387. The molecule has 130 valence electrons. The SMILES string of the molecule is N#C/C(=C\c1ccc(SCCO)c([N+](=O)[O-])c1)c1nc2ccccc2[nH]1. The minimum Gasteiger partial charge on any atom is -0.396 e. The summed E-state index contributed by atoms with van der Waals surface area (Å²) in [5.41, 5.74) is 2.31. The van der Waals surface area contributed by atoms with Gasteiger partial charge in [0.2, 0.25) is 0 Å². The fraction of sp³-hybridized carbons (Fsp3) is 0.111. The number of nitro benzene ring substituents is 1. The minimum absolute atomic E-state index is 0.0564. The first-order valence-electron chi connectivity index (χ1n) is 7.71. The van der Waals surface area contributed by atoms with Gasteiger partial charge in [-0.15, -0.1) is 11.8 Å². The Kier molecular flexibility index (Phi) is 5.31. The largest absolute Gasteiger partial charge is 0.396 e. The van der Waals surface area contributed by atoms with Gasteiger partial charge in [0.15, 0.2) is 0 Å². The van der Waals surface area contributed by atoms with Gasteiger partial charge in [-0.1, -0.05) is 18.2 Å². The molecule has 0 amide bonds. The number of para-hydroxylation sites is 2. The summed E-state index contributed by atoms with van der Waals surface area (Å²) in [4.78, 5) is 18.8. The van der Waals surface area contributed by atoms with Gasteiger partial charge in [0.1, 0.15) is 11.9 Å². The van der Waals surface area contributed by atoms with E-state index in [2.05, 4.69) is 16.0 Å². The third-order valence-corrected chi connectivity index (χ3v) is 4.65. The van der Waals surface area contributed by atoms with Crippen molar-refractivity contribution in [2.24, 2.45) is 0 Å². The smallest absolute Gasteiger partial charge is 0.283 e. The number of fused-ring (bicyclic) bond motifs is 1. The second kappa shape index (κ2) is 7.82. The molecule has 1 heterocycles. The third-order valence-electron chi connectivity index (χ3n) is 3.60. The summed E-state index contributed by atoms with van der Waals surface area (Å²) in [5, 5.41) is 29.7. The molecule has 0 aliphatic heterocycles. The molecule has 0 unspecified atom stereocenters. The molecule has 2 aromatic carbocycles. The quantitative estimate of drug-likeness (QED) is 0.298. The Hall–Kier alpha value is -3.15. The summed E-state index contributed by atoms with van der Waals surface area (Å²) in [7, 11) is 0. The highest BCUT2D eigenvalue weighted by Gasteiger charge is 2.15. The first-order valence-corrected chi connectivity index (χ1v) is 8.70. The number of aliphatic hydroxyl groups is 1. The standard InChI is InChI=1S/C18H14N4O3S/c19-11-13(18-20-14-3-1-2-4-15(14)21-18)9-12-5-6-17(26-8-7-23)16(10-12)22(24)25/h1-6,9-10,23H,7-8H2,(H,20,21)/b13-9+. The van der Waals surface area contributed by atoms with Gasteiger partial charge in [-0.2, -0.15) is 5.26 Å². The number of aromatic nitrogens is 2. The van der Waals surface area contributed by atoms with E-state index >= 15 is 0 Å². The van der Waals surface area contributed by atoms with E-state index in [0.29, 0.717) is 22.0 Å². The zero-order valence-electron chi connectivity index (χ0n) is 13.5. The summed E-state index contributed by atoms with van der Waals surface area (Å²) >= 11 is 1.21. The van der Waals surface area contributed by atoms with Crippen LogP contribution >= 0.6 is 11.8 Å². The number of aromatic amines is 1. The van der Waals surface area contributed by atoms with Crippen LogP contribution in [0.3, 0.4) is 0 Å². The van der Waals surface area contributed by atoms with E-state index in [1.807, 2.05) is 24.3 Å². The van der Waals surface area contributed by atoms with Crippen LogP contribution in [0.15, 0.2) is 47.4 Å². The molecule has 0 aliphatic carbocycles. The number of nitriles is 1. The summed E-state index contributed by atoms with van der Waals surface area (Å²) in [6.45, 7) is -0.0614. The van der Waals surface area contributed by atoms with Crippen molar-refractivity contribution in [3.8, 4) is 6.07 Å². The summed E-state index contributed by atoms with van der Waals surface area (Å²) < 4.78 is 0. The highest BCUT2D eigenvalue weighted by atomic mass is 32.2. The number of thioether (sulfide) groups is 1. The van der Waals surface area contributed by atoms with Gasteiger partial charge in [-0.25, -0.2) is 4.98 Å². The molecular formula is C18H14N4O3S. The van der Waals surface area contributed by atoms with Crippen LogP contribution in [0.1, 0.15) is 11.4 Å². The Morgan fingerprint density at radius 1 is 1.38 bits per heavy atom. The lowest BCUT2D eigenvalue weighted by atomic mass is 10.1. The van der Waals surface area contributed by atoms with E-state index in [0.717, 1.165) is 11.0 Å². The van der Waals surface area contributed by atoms with Crippen LogP contribution in [0.2, 0.25) is 0 Å². The number of nitro groups is 1. The number of imidazole rings is 1. The molecule has 0 bridgehead atoms. The van der Waals surface area contributed by atoms with Gasteiger partial charge < -0.3 is 10.1 Å². The fourth-order valence-electron chi connectivity index (χ4n) is 2.45. The van der Waals surface area contributed by atoms with Gasteiger partial charge >= 0.3 is 0 Å². The number of H-pyrrole nitrogens is 1. The van der Waals surface area contributed by atoms with Crippen molar-refractivity contribution in [3.63, 3.8) is 0 Å². The Morgan fingerprint density at radius 2 is 2.19 bits per heavy atom. The average Bonchev–Trinajstić information content (AvgIpc) is 3.08. The number of nitrogens with zero attached hydrogens (tertiary/aromatic N) is 3. The van der Waals surface area contributed by atoms with Crippen LogP contribution in [-0.2, 0) is 0 Å². The van der Waals surface area contributed by atoms with Crippen molar-refractivity contribution in [1.82, 2.24) is 9.97 Å². The first kappa shape index (κ1) is 17.7. The molecule has 8 heteroatoms. The molecule has 0 saturated carbocycles. The lowest BCUT2D eigenvalue weighted by Crippen LogP contribution is -1.94.